The van der Waals surface area contributed by atoms with E-state index in [9.17, 15) is 19.5 Å². The summed E-state index contributed by atoms with van der Waals surface area (Å²) >= 11 is 12.1. The van der Waals surface area contributed by atoms with Crippen LogP contribution in [-0.4, -0.2) is 33.8 Å². The number of carbonyl (C=O) groups is 3. The molecule has 4 aromatic rings. The molecule has 37 heavy (non-hydrogen) atoms. The third kappa shape index (κ3) is 6.52. The fourth-order valence-corrected chi connectivity index (χ4v) is 4.23. The minimum atomic E-state index is -1.04. The molecular formula is C28H21Cl2N3O4. The number of aromatic nitrogens is 1. The first-order chi connectivity index (χ1) is 17.8. The average molecular weight is 534 g/mol. The van der Waals surface area contributed by atoms with Crippen molar-refractivity contribution in [1.29, 1.82) is 0 Å². The van der Waals surface area contributed by atoms with Crippen molar-refractivity contribution in [3.8, 4) is 0 Å². The number of hydrogen-bond acceptors (Lipinski definition) is 5. The summed E-state index contributed by atoms with van der Waals surface area (Å²) in [5, 5.41) is 15.8. The summed E-state index contributed by atoms with van der Waals surface area (Å²) in [5.41, 5.74) is 2.86. The van der Waals surface area contributed by atoms with Crippen LogP contribution in [0.1, 0.15) is 31.8 Å². The van der Waals surface area contributed by atoms with Crippen LogP contribution in [-0.2, 0) is 11.2 Å². The van der Waals surface area contributed by atoms with Crippen LogP contribution in [0.15, 0.2) is 91.3 Å². The van der Waals surface area contributed by atoms with Gasteiger partial charge in [0, 0.05) is 41.3 Å². The van der Waals surface area contributed by atoms with Crippen LogP contribution in [0.25, 0.3) is 0 Å². The summed E-state index contributed by atoms with van der Waals surface area (Å²) in [7, 11) is 0. The molecule has 0 aliphatic carbocycles. The second-order valence-corrected chi connectivity index (χ2v) is 8.96. The van der Waals surface area contributed by atoms with Gasteiger partial charge in [0.15, 0.2) is 5.78 Å². The number of amides is 1. The number of halogens is 2. The predicted molar refractivity (Wildman–Crippen MR) is 144 cm³/mol. The topological polar surface area (TPSA) is 108 Å². The number of nitrogens with zero attached hydrogens (tertiary/aromatic N) is 1. The van der Waals surface area contributed by atoms with Gasteiger partial charge >= 0.3 is 5.97 Å². The Labute approximate surface area is 223 Å². The van der Waals surface area contributed by atoms with E-state index < -0.39 is 17.9 Å². The second-order valence-electron chi connectivity index (χ2n) is 8.14. The van der Waals surface area contributed by atoms with Crippen molar-refractivity contribution in [2.45, 2.75) is 12.5 Å². The highest BCUT2D eigenvalue weighted by atomic mass is 35.5. The van der Waals surface area contributed by atoms with Gasteiger partial charge in [0.05, 0.1) is 15.6 Å². The number of carboxylic acids is 1. The Balaban J connectivity index is 1.43. The first-order valence-corrected chi connectivity index (χ1v) is 12.0. The number of anilines is 2. The monoisotopic (exact) mass is 533 g/mol. The Bertz CT molecular complexity index is 1420. The van der Waals surface area contributed by atoms with Gasteiger partial charge in [-0.1, -0.05) is 77.8 Å². The molecule has 3 N–H and O–H groups in total. The van der Waals surface area contributed by atoms with Crippen LogP contribution in [0, 0.1) is 0 Å². The van der Waals surface area contributed by atoms with Crippen molar-refractivity contribution in [2.75, 3.05) is 10.6 Å². The van der Waals surface area contributed by atoms with Gasteiger partial charge < -0.3 is 15.7 Å². The van der Waals surface area contributed by atoms with Crippen LogP contribution in [0.2, 0.25) is 10.0 Å². The van der Waals surface area contributed by atoms with E-state index in [4.69, 9.17) is 23.2 Å². The highest BCUT2D eigenvalue weighted by molar-refractivity contribution is 6.40. The fraction of sp³-hybridized carbons (Fsp3) is 0.0714. The van der Waals surface area contributed by atoms with E-state index in [1.54, 1.807) is 72.8 Å². The van der Waals surface area contributed by atoms with Crippen LogP contribution in [0.4, 0.5) is 11.4 Å². The second kappa shape index (κ2) is 11.7. The molecule has 0 aliphatic rings. The zero-order chi connectivity index (χ0) is 26.4. The number of carboxylic acid groups (broad SMARTS) is 1. The molecule has 1 amide bonds. The Kier molecular flexibility index (Phi) is 8.18. The Morgan fingerprint density at radius 2 is 1.46 bits per heavy atom. The lowest BCUT2D eigenvalue weighted by atomic mass is 10.0. The molecule has 9 heteroatoms. The third-order valence-corrected chi connectivity index (χ3v) is 6.10. The summed E-state index contributed by atoms with van der Waals surface area (Å²) in [4.78, 5) is 41.1. The van der Waals surface area contributed by atoms with Gasteiger partial charge in [0.1, 0.15) is 6.04 Å². The number of ketones is 1. The molecule has 3 aromatic carbocycles. The van der Waals surface area contributed by atoms with Crippen LogP contribution >= 0.6 is 23.2 Å². The van der Waals surface area contributed by atoms with Gasteiger partial charge in [-0.3, -0.25) is 14.6 Å². The Morgan fingerprint density at radius 1 is 0.811 bits per heavy atom. The molecule has 4 rings (SSSR count). The standard InChI is InChI=1S/C28H21Cl2N3O4/c29-22-15-31-16-23(30)25(22)27(35)33-20-11-9-17(10-12-20)13-24(28(36)37)32-21-8-4-7-19(14-21)26(34)18-5-2-1-3-6-18/h1-12,14-16,24,32H,13H2,(H,33,35)(H,36,37). The lowest BCUT2D eigenvalue weighted by molar-refractivity contribution is -0.137. The zero-order valence-corrected chi connectivity index (χ0v) is 20.8. The molecule has 0 radical (unpaired) electrons. The SMILES string of the molecule is O=C(c1ccccc1)c1cccc(NC(Cc2ccc(NC(=O)c3c(Cl)cncc3Cl)cc2)C(=O)O)c1. The summed E-state index contributed by atoms with van der Waals surface area (Å²) in [6.45, 7) is 0. The molecule has 1 atom stereocenters. The van der Waals surface area contributed by atoms with Crippen LogP contribution in [0.3, 0.4) is 0 Å². The lowest BCUT2D eigenvalue weighted by Gasteiger charge is -2.17. The van der Waals surface area contributed by atoms with Crippen molar-refractivity contribution >= 4 is 52.2 Å². The van der Waals surface area contributed by atoms with Crippen molar-refractivity contribution in [3.05, 3.63) is 124 Å². The molecule has 7 nitrogen and oxygen atoms in total. The number of aliphatic carboxylic acids is 1. The van der Waals surface area contributed by atoms with Gasteiger partial charge in [0.2, 0.25) is 0 Å². The highest BCUT2D eigenvalue weighted by Crippen LogP contribution is 2.24. The number of hydrogen-bond donors (Lipinski definition) is 3. The van der Waals surface area contributed by atoms with Gasteiger partial charge in [-0.05, 0) is 29.8 Å². The quantitative estimate of drug-likeness (QED) is 0.228. The summed E-state index contributed by atoms with van der Waals surface area (Å²) in [6, 6.07) is 21.4. The normalized spacial score (nSPS) is 11.4. The largest absolute Gasteiger partial charge is 0.480 e. The van der Waals surface area contributed by atoms with Crippen molar-refractivity contribution in [1.82, 2.24) is 4.98 Å². The number of carbonyl (C=O) groups excluding carboxylic acids is 2. The van der Waals surface area contributed by atoms with E-state index in [1.807, 2.05) is 6.07 Å². The van der Waals surface area contributed by atoms with E-state index in [2.05, 4.69) is 15.6 Å². The maximum atomic E-state index is 12.8. The number of benzene rings is 3. The molecule has 1 unspecified atom stereocenters. The fourth-order valence-electron chi connectivity index (χ4n) is 3.69. The highest BCUT2D eigenvalue weighted by Gasteiger charge is 2.19. The Hall–Kier alpha value is -4.20. The molecule has 0 saturated carbocycles. The average Bonchev–Trinajstić information content (AvgIpc) is 2.89. The van der Waals surface area contributed by atoms with E-state index in [1.165, 1.54) is 12.4 Å². The van der Waals surface area contributed by atoms with Gasteiger partial charge in [-0.15, -0.1) is 0 Å². The van der Waals surface area contributed by atoms with Crippen molar-refractivity contribution in [2.24, 2.45) is 0 Å². The summed E-state index contributed by atoms with van der Waals surface area (Å²) in [5.74, 6) is -1.68. The molecule has 0 bridgehead atoms. The van der Waals surface area contributed by atoms with Crippen LogP contribution < -0.4 is 10.6 Å². The molecule has 0 spiro atoms. The van der Waals surface area contributed by atoms with Crippen LogP contribution in [0.5, 0.6) is 0 Å². The summed E-state index contributed by atoms with van der Waals surface area (Å²) in [6.07, 6.45) is 2.83. The molecule has 1 heterocycles. The maximum Gasteiger partial charge on any atom is 0.326 e. The molecule has 0 fully saturated rings. The molecule has 0 saturated heterocycles. The number of pyridine rings is 1. The van der Waals surface area contributed by atoms with E-state index in [0.717, 1.165) is 5.56 Å². The smallest absolute Gasteiger partial charge is 0.326 e. The maximum absolute atomic E-state index is 12.8. The first kappa shape index (κ1) is 25.9. The number of rotatable bonds is 9. The molecule has 186 valence electrons. The molecule has 0 aliphatic heterocycles. The molecular weight excluding hydrogens is 513 g/mol. The van der Waals surface area contributed by atoms with E-state index in [-0.39, 0.29) is 27.8 Å². The van der Waals surface area contributed by atoms with E-state index >= 15 is 0 Å². The summed E-state index contributed by atoms with van der Waals surface area (Å²) < 4.78 is 0. The zero-order valence-electron chi connectivity index (χ0n) is 19.3. The van der Waals surface area contributed by atoms with Crippen molar-refractivity contribution in [3.63, 3.8) is 0 Å². The van der Waals surface area contributed by atoms with Gasteiger partial charge in [-0.2, -0.15) is 0 Å². The lowest BCUT2D eigenvalue weighted by Crippen LogP contribution is -2.31. The Morgan fingerprint density at radius 3 is 2.11 bits per heavy atom. The number of nitrogens with one attached hydrogen (secondary N) is 2. The van der Waals surface area contributed by atoms with Gasteiger partial charge in [0.25, 0.3) is 5.91 Å². The molecule has 1 aromatic heterocycles. The minimum absolute atomic E-state index is 0.116. The minimum Gasteiger partial charge on any atom is -0.480 e. The first-order valence-electron chi connectivity index (χ1n) is 11.2. The third-order valence-electron chi connectivity index (χ3n) is 5.53. The van der Waals surface area contributed by atoms with Gasteiger partial charge in [-0.25, -0.2) is 4.79 Å². The van der Waals surface area contributed by atoms with Crippen molar-refractivity contribution < 1.29 is 19.5 Å². The predicted octanol–water partition coefficient (Wildman–Crippen LogP) is 5.98. The van der Waals surface area contributed by atoms with E-state index in [0.29, 0.717) is 22.5 Å².